The van der Waals surface area contributed by atoms with Crippen molar-refractivity contribution in [1.29, 1.82) is 0 Å². The zero-order valence-corrected chi connectivity index (χ0v) is 7.66. The molecule has 0 spiro atoms. The Labute approximate surface area is 79.3 Å². The molecule has 0 saturated heterocycles. The molecule has 13 heavy (non-hydrogen) atoms. The van der Waals surface area contributed by atoms with Gasteiger partial charge in [0.25, 0.3) is 0 Å². The largest absolute Gasteiger partial charge is 0.481 e. The van der Waals surface area contributed by atoms with E-state index in [0.29, 0.717) is 0 Å². The molecule has 0 aromatic rings. The van der Waals surface area contributed by atoms with Crippen LogP contribution in [0.2, 0.25) is 0 Å². The summed E-state index contributed by atoms with van der Waals surface area (Å²) < 4.78 is 0. The molecule has 6 N–H and O–H groups in total. The second kappa shape index (κ2) is 5.79. The average molecular weight is 208 g/mol. The molecule has 0 aromatic heterocycles. The minimum absolute atomic E-state index is 0.0509. The fourth-order valence-electron chi connectivity index (χ4n) is 0.527. The Bertz CT molecular complexity index is 199. The molecule has 7 heteroatoms. The van der Waals surface area contributed by atoms with Crippen LogP contribution in [-0.4, -0.2) is 39.3 Å². The molecule has 0 heterocycles. The van der Waals surface area contributed by atoms with Crippen LogP contribution in [0.25, 0.3) is 0 Å². The first-order valence-corrected chi connectivity index (χ1v) is 4.57. The summed E-state index contributed by atoms with van der Waals surface area (Å²) in [6.07, 6.45) is -0.0509. The lowest BCUT2D eigenvalue weighted by molar-refractivity contribution is -0.138. The first-order valence-electron chi connectivity index (χ1n) is 3.52. The molecule has 76 valence electrons. The number of rotatable bonds is 6. The molecule has 0 fully saturated rings. The highest BCUT2D eigenvalue weighted by atomic mass is 32.2. The van der Waals surface area contributed by atoms with E-state index < -0.39 is 23.4 Å². The maximum absolute atomic E-state index is 10.3. The van der Waals surface area contributed by atoms with Gasteiger partial charge >= 0.3 is 11.9 Å². The fourth-order valence-corrected chi connectivity index (χ4v) is 1.41. The zero-order valence-electron chi connectivity index (χ0n) is 6.84. The second-order valence-electron chi connectivity index (χ2n) is 2.34. The third kappa shape index (κ3) is 5.45. The van der Waals surface area contributed by atoms with Crippen LogP contribution in [0.15, 0.2) is 0 Å². The van der Waals surface area contributed by atoms with Gasteiger partial charge in [-0.2, -0.15) is 0 Å². The monoisotopic (exact) mass is 208 g/mol. The summed E-state index contributed by atoms with van der Waals surface area (Å²) in [6, 6.07) is -1.15. The van der Waals surface area contributed by atoms with Crippen molar-refractivity contribution >= 4 is 23.7 Å². The van der Waals surface area contributed by atoms with E-state index in [-0.39, 0.29) is 12.2 Å². The van der Waals surface area contributed by atoms with Gasteiger partial charge in [0.2, 0.25) is 0 Å². The number of carboxylic acid groups (broad SMARTS) is 2. The molecule has 0 aliphatic carbocycles. The Balaban J connectivity index is 3.67. The fraction of sp³-hybridized carbons (Fsp3) is 0.667. The van der Waals surface area contributed by atoms with E-state index in [1.165, 1.54) is 0 Å². The van der Waals surface area contributed by atoms with E-state index in [9.17, 15) is 9.59 Å². The second-order valence-corrected chi connectivity index (χ2v) is 3.63. The zero-order chi connectivity index (χ0) is 10.4. The summed E-state index contributed by atoms with van der Waals surface area (Å²) in [7, 11) is 0. The van der Waals surface area contributed by atoms with E-state index in [4.69, 9.17) is 21.7 Å². The molecule has 0 aliphatic heterocycles. The predicted octanol–water partition coefficient (Wildman–Crippen LogP) is -1.11. The van der Waals surface area contributed by atoms with Gasteiger partial charge < -0.3 is 21.7 Å². The number of carboxylic acids is 2. The lowest BCUT2D eigenvalue weighted by atomic mass is 10.3. The SMILES string of the molecule is NC(SCCC(=O)O)C(N)C(=O)O. The quantitative estimate of drug-likeness (QED) is 0.407. The Morgan fingerprint density at radius 2 is 1.85 bits per heavy atom. The van der Waals surface area contributed by atoms with Crippen molar-refractivity contribution in [3.8, 4) is 0 Å². The molecule has 6 nitrogen and oxygen atoms in total. The van der Waals surface area contributed by atoms with Crippen LogP contribution in [0.4, 0.5) is 0 Å². The Morgan fingerprint density at radius 1 is 1.31 bits per heavy atom. The van der Waals surface area contributed by atoms with Gasteiger partial charge in [0, 0.05) is 5.75 Å². The molecular weight excluding hydrogens is 196 g/mol. The van der Waals surface area contributed by atoms with E-state index in [2.05, 4.69) is 0 Å². The Hall–Kier alpha value is -0.790. The van der Waals surface area contributed by atoms with Gasteiger partial charge in [-0.3, -0.25) is 9.59 Å². The summed E-state index contributed by atoms with van der Waals surface area (Å²) in [6.45, 7) is 0. The van der Waals surface area contributed by atoms with E-state index in [1.54, 1.807) is 0 Å². The molecule has 0 aliphatic rings. The molecule has 0 bridgehead atoms. The van der Waals surface area contributed by atoms with Crippen molar-refractivity contribution < 1.29 is 19.8 Å². The van der Waals surface area contributed by atoms with Crippen LogP contribution in [0.5, 0.6) is 0 Å². The van der Waals surface area contributed by atoms with Gasteiger partial charge in [0.15, 0.2) is 0 Å². The van der Waals surface area contributed by atoms with E-state index >= 15 is 0 Å². The first kappa shape index (κ1) is 12.2. The number of hydrogen-bond acceptors (Lipinski definition) is 5. The van der Waals surface area contributed by atoms with Crippen LogP contribution in [0.1, 0.15) is 6.42 Å². The van der Waals surface area contributed by atoms with Crippen LogP contribution in [-0.2, 0) is 9.59 Å². The Morgan fingerprint density at radius 3 is 2.23 bits per heavy atom. The van der Waals surface area contributed by atoms with Crippen LogP contribution < -0.4 is 11.5 Å². The van der Waals surface area contributed by atoms with Gasteiger partial charge in [-0.15, -0.1) is 11.8 Å². The van der Waals surface area contributed by atoms with Crippen molar-refractivity contribution in [3.63, 3.8) is 0 Å². The standard InChI is InChI=1S/C6H12N2O4S/c7-4(6(11)12)5(8)13-2-1-3(9)10/h4-5H,1-2,7-8H2,(H,9,10)(H,11,12). The van der Waals surface area contributed by atoms with Crippen LogP contribution in [0, 0.1) is 0 Å². The first-order chi connectivity index (χ1) is 5.95. The summed E-state index contributed by atoms with van der Waals surface area (Å²) in [5.41, 5.74) is 10.6. The molecule has 0 radical (unpaired) electrons. The predicted molar refractivity (Wildman–Crippen MR) is 48.3 cm³/mol. The van der Waals surface area contributed by atoms with Gasteiger partial charge in [-0.25, -0.2) is 0 Å². The van der Waals surface area contributed by atoms with Gasteiger partial charge in [0.05, 0.1) is 11.8 Å². The van der Waals surface area contributed by atoms with Crippen molar-refractivity contribution in [3.05, 3.63) is 0 Å². The number of carbonyl (C=O) groups is 2. The van der Waals surface area contributed by atoms with Crippen LogP contribution in [0.3, 0.4) is 0 Å². The summed E-state index contributed by atoms with van der Waals surface area (Å²) >= 11 is 1.03. The van der Waals surface area contributed by atoms with Crippen molar-refractivity contribution in [2.45, 2.75) is 17.8 Å². The third-order valence-corrected chi connectivity index (χ3v) is 2.38. The molecule has 0 rings (SSSR count). The van der Waals surface area contributed by atoms with E-state index in [0.717, 1.165) is 11.8 Å². The molecule has 2 atom stereocenters. The maximum atomic E-state index is 10.3. The average Bonchev–Trinajstić information content (AvgIpc) is 2.02. The molecule has 2 unspecified atom stereocenters. The normalized spacial score (nSPS) is 14.9. The lowest BCUT2D eigenvalue weighted by Gasteiger charge is -2.14. The van der Waals surface area contributed by atoms with Crippen LogP contribution >= 0.6 is 11.8 Å². The Kier molecular flexibility index (Phi) is 5.44. The maximum Gasteiger partial charge on any atom is 0.322 e. The van der Waals surface area contributed by atoms with Gasteiger partial charge in [-0.05, 0) is 0 Å². The van der Waals surface area contributed by atoms with E-state index in [1.807, 2.05) is 0 Å². The lowest BCUT2D eigenvalue weighted by Crippen LogP contribution is -2.45. The number of aliphatic carboxylic acids is 2. The van der Waals surface area contributed by atoms with Gasteiger partial charge in [-0.1, -0.05) is 0 Å². The summed E-state index contributed by atoms with van der Waals surface area (Å²) in [4.78, 5) is 20.4. The number of hydrogen-bond donors (Lipinski definition) is 4. The molecule has 0 aromatic carbocycles. The third-order valence-electron chi connectivity index (χ3n) is 1.27. The highest BCUT2D eigenvalue weighted by Gasteiger charge is 2.20. The highest BCUT2D eigenvalue weighted by molar-refractivity contribution is 7.99. The highest BCUT2D eigenvalue weighted by Crippen LogP contribution is 2.09. The molecule has 0 amide bonds. The smallest absolute Gasteiger partial charge is 0.322 e. The number of thioether (sulfide) groups is 1. The minimum Gasteiger partial charge on any atom is -0.481 e. The minimum atomic E-state index is -1.18. The molecule has 0 saturated carbocycles. The van der Waals surface area contributed by atoms with Gasteiger partial charge in [0.1, 0.15) is 6.04 Å². The van der Waals surface area contributed by atoms with Crippen molar-refractivity contribution in [2.24, 2.45) is 11.5 Å². The van der Waals surface area contributed by atoms with Crippen molar-refractivity contribution in [2.75, 3.05) is 5.75 Å². The summed E-state index contributed by atoms with van der Waals surface area (Å²) in [5.74, 6) is -1.86. The summed E-state index contributed by atoms with van der Waals surface area (Å²) in [5, 5.41) is 15.9. The molecular formula is C6H12N2O4S. The number of nitrogens with two attached hydrogens (primary N) is 2. The topological polar surface area (TPSA) is 127 Å². The van der Waals surface area contributed by atoms with Crippen molar-refractivity contribution in [1.82, 2.24) is 0 Å².